The number of carbonyl (C=O) groups excluding carboxylic acids is 2. The largest absolute Gasteiger partial charge is 0.495 e. The Morgan fingerprint density at radius 2 is 1.79 bits per heavy atom. The molecule has 0 atom stereocenters. The number of ether oxygens (including phenoxy) is 3. The van der Waals surface area contributed by atoms with Crippen molar-refractivity contribution in [2.45, 2.75) is 6.92 Å². The number of anilines is 1. The molecule has 1 saturated heterocycles. The summed E-state index contributed by atoms with van der Waals surface area (Å²) in [7, 11) is 3.06. The lowest BCUT2D eigenvalue weighted by molar-refractivity contribution is -0.113. The van der Waals surface area contributed by atoms with Crippen LogP contribution in [0.3, 0.4) is 0 Å². The number of rotatable bonds is 6. The summed E-state index contributed by atoms with van der Waals surface area (Å²) in [6.45, 7) is 2.35. The highest BCUT2D eigenvalue weighted by molar-refractivity contribution is 9.10. The van der Waals surface area contributed by atoms with Crippen LogP contribution < -0.4 is 19.1 Å². The first kappa shape index (κ1) is 20.3. The van der Waals surface area contributed by atoms with Gasteiger partial charge in [-0.05, 0) is 54.6 Å². The average molecular weight is 464 g/mol. The molecule has 2 aromatic carbocycles. The highest BCUT2D eigenvalue weighted by Gasteiger charge is 2.37. The van der Waals surface area contributed by atoms with Gasteiger partial charge in [0.25, 0.3) is 11.1 Å². The first-order valence-electron chi connectivity index (χ1n) is 8.41. The minimum absolute atomic E-state index is 0.309. The van der Waals surface area contributed by atoms with E-state index in [1.54, 1.807) is 49.6 Å². The molecule has 3 rings (SSSR count). The van der Waals surface area contributed by atoms with Crippen molar-refractivity contribution in [3.05, 3.63) is 51.3 Å². The molecule has 0 spiro atoms. The number of carbonyl (C=O) groups is 2. The molecule has 0 aromatic heterocycles. The maximum atomic E-state index is 12.9. The Hall–Kier alpha value is -2.45. The van der Waals surface area contributed by atoms with Gasteiger partial charge in [-0.3, -0.25) is 9.59 Å². The van der Waals surface area contributed by atoms with Gasteiger partial charge in [-0.2, -0.15) is 0 Å². The number of thioether (sulfide) groups is 1. The van der Waals surface area contributed by atoms with Gasteiger partial charge in [0.15, 0.2) is 11.5 Å². The first-order valence-corrected chi connectivity index (χ1v) is 10.0. The molecule has 0 unspecified atom stereocenters. The van der Waals surface area contributed by atoms with Crippen LogP contribution in [0.1, 0.15) is 12.5 Å². The number of benzene rings is 2. The quantitative estimate of drug-likeness (QED) is 0.554. The fourth-order valence-electron chi connectivity index (χ4n) is 2.72. The van der Waals surface area contributed by atoms with Gasteiger partial charge in [-0.25, -0.2) is 4.90 Å². The lowest BCUT2D eigenvalue weighted by Crippen LogP contribution is -2.28. The van der Waals surface area contributed by atoms with Crippen molar-refractivity contribution in [3.8, 4) is 17.2 Å². The van der Waals surface area contributed by atoms with Crippen molar-refractivity contribution in [2.24, 2.45) is 0 Å². The van der Waals surface area contributed by atoms with E-state index in [9.17, 15) is 9.59 Å². The number of imide groups is 1. The van der Waals surface area contributed by atoms with E-state index in [-0.39, 0.29) is 5.24 Å². The summed E-state index contributed by atoms with van der Waals surface area (Å²) in [5.74, 6) is 1.19. The Labute approximate surface area is 175 Å². The minimum Gasteiger partial charge on any atom is -0.495 e. The van der Waals surface area contributed by atoms with Crippen LogP contribution in [0, 0.1) is 0 Å². The van der Waals surface area contributed by atoms with E-state index in [2.05, 4.69) is 15.9 Å². The van der Waals surface area contributed by atoms with Crippen molar-refractivity contribution < 1.29 is 23.8 Å². The molecule has 0 bridgehead atoms. The third-order valence-corrected chi connectivity index (χ3v) is 5.55. The first-order chi connectivity index (χ1) is 13.5. The van der Waals surface area contributed by atoms with Crippen molar-refractivity contribution in [2.75, 3.05) is 25.7 Å². The van der Waals surface area contributed by atoms with Crippen LogP contribution in [0.25, 0.3) is 6.08 Å². The standard InChI is InChI=1S/C20H18BrNO5S/c1-4-27-17-9-12(13(21)11-16(17)26-3)10-18-19(23)22(20(24)28-18)14-7-5-6-8-15(14)25-2/h5-11H,4H2,1-3H3. The topological polar surface area (TPSA) is 65.1 Å². The third-order valence-electron chi connectivity index (χ3n) is 3.99. The predicted octanol–water partition coefficient (Wildman–Crippen LogP) is 5.11. The zero-order valence-electron chi connectivity index (χ0n) is 15.5. The number of nitrogens with zero attached hydrogens (tertiary/aromatic N) is 1. The van der Waals surface area contributed by atoms with Crippen LogP contribution in [0.4, 0.5) is 10.5 Å². The number of hydrogen-bond acceptors (Lipinski definition) is 6. The summed E-state index contributed by atoms with van der Waals surface area (Å²) in [6.07, 6.45) is 1.66. The molecule has 1 heterocycles. The second-order valence-corrected chi connectivity index (χ2v) is 7.49. The molecule has 1 aliphatic heterocycles. The molecule has 1 aliphatic rings. The van der Waals surface area contributed by atoms with E-state index >= 15 is 0 Å². The van der Waals surface area contributed by atoms with Gasteiger partial charge in [0.1, 0.15) is 5.75 Å². The van der Waals surface area contributed by atoms with Gasteiger partial charge < -0.3 is 14.2 Å². The number of para-hydroxylation sites is 2. The summed E-state index contributed by atoms with van der Waals surface area (Å²) in [5, 5.41) is -0.379. The Morgan fingerprint density at radius 1 is 1.07 bits per heavy atom. The third kappa shape index (κ3) is 3.88. The van der Waals surface area contributed by atoms with Gasteiger partial charge in [0.05, 0.1) is 31.4 Å². The molecular formula is C20H18BrNO5S. The molecular weight excluding hydrogens is 446 g/mol. The summed E-state index contributed by atoms with van der Waals surface area (Å²) < 4.78 is 16.9. The number of methoxy groups -OCH3 is 2. The molecule has 0 N–H and O–H groups in total. The summed E-state index contributed by atoms with van der Waals surface area (Å²) >= 11 is 4.36. The SMILES string of the molecule is CCOc1cc(C=C2SC(=O)N(c3ccccc3OC)C2=O)c(Br)cc1OC. The molecule has 28 heavy (non-hydrogen) atoms. The maximum Gasteiger partial charge on any atom is 0.298 e. The predicted molar refractivity (Wildman–Crippen MR) is 113 cm³/mol. The van der Waals surface area contributed by atoms with Crippen LogP contribution in [0.2, 0.25) is 0 Å². The molecule has 6 nitrogen and oxygen atoms in total. The number of halogens is 1. The Balaban J connectivity index is 1.99. The van der Waals surface area contributed by atoms with Crippen LogP contribution >= 0.6 is 27.7 Å². The average Bonchev–Trinajstić information content (AvgIpc) is 2.97. The van der Waals surface area contributed by atoms with Crippen molar-refractivity contribution in [1.29, 1.82) is 0 Å². The van der Waals surface area contributed by atoms with Crippen molar-refractivity contribution in [3.63, 3.8) is 0 Å². The smallest absolute Gasteiger partial charge is 0.298 e. The van der Waals surface area contributed by atoms with Crippen LogP contribution in [0.5, 0.6) is 17.2 Å². The van der Waals surface area contributed by atoms with Gasteiger partial charge in [-0.1, -0.05) is 28.1 Å². The van der Waals surface area contributed by atoms with E-state index < -0.39 is 5.91 Å². The Kier molecular flexibility index (Phi) is 6.31. The van der Waals surface area contributed by atoms with E-state index in [1.165, 1.54) is 7.11 Å². The van der Waals surface area contributed by atoms with E-state index in [4.69, 9.17) is 14.2 Å². The molecule has 2 aromatic rings. The van der Waals surface area contributed by atoms with Gasteiger partial charge in [-0.15, -0.1) is 0 Å². The molecule has 0 saturated carbocycles. The highest BCUT2D eigenvalue weighted by atomic mass is 79.9. The monoisotopic (exact) mass is 463 g/mol. The van der Waals surface area contributed by atoms with E-state index in [0.717, 1.165) is 21.1 Å². The zero-order valence-corrected chi connectivity index (χ0v) is 17.9. The summed E-state index contributed by atoms with van der Waals surface area (Å²) in [6, 6.07) is 10.4. The molecule has 2 amide bonds. The molecule has 8 heteroatoms. The van der Waals surface area contributed by atoms with Gasteiger partial charge in [0, 0.05) is 4.47 Å². The molecule has 1 fully saturated rings. The minimum atomic E-state index is -0.403. The fourth-order valence-corrected chi connectivity index (χ4v) is 3.98. The van der Waals surface area contributed by atoms with Crippen molar-refractivity contribution >= 4 is 50.6 Å². The zero-order chi connectivity index (χ0) is 20.3. The van der Waals surface area contributed by atoms with Crippen molar-refractivity contribution in [1.82, 2.24) is 0 Å². The summed E-state index contributed by atoms with van der Waals surface area (Å²) in [5.41, 5.74) is 1.12. The Morgan fingerprint density at radius 3 is 2.46 bits per heavy atom. The van der Waals surface area contributed by atoms with E-state index in [0.29, 0.717) is 40.0 Å². The van der Waals surface area contributed by atoms with Crippen LogP contribution in [-0.2, 0) is 4.79 Å². The molecule has 146 valence electrons. The molecule has 0 aliphatic carbocycles. The second kappa shape index (κ2) is 8.70. The lowest BCUT2D eigenvalue weighted by atomic mass is 10.1. The maximum absolute atomic E-state index is 12.9. The number of amides is 2. The lowest BCUT2D eigenvalue weighted by Gasteiger charge is -2.15. The van der Waals surface area contributed by atoms with Crippen LogP contribution in [0.15, 0.2) is 45.8 Å². The number of hydrogen-bond donors (Lipinski definition) is 0. The van der Waals surface area contributed by atoms with Crippen LogP contribution in [-0.4, -0.2) is 32.0 Å². The summed E-state index contributed by atoms with van der Waals surface area (Å²) in [4.78, 5) is 26.9. The van der Waals surface area contributed by atoms with Gasteiger partial charge in [0.2, 0.25) is 0 Å². The fraction of sp³-hybridized carbons (Fsp3) is 0.200. The van der Waals surface area contributed by atoms with E-state index in [1.807, 2.05) is 6.92 Å². The normalized spacial score (nSPS) is 15.3. The second-order valence-electron chi connectivity index (χ2n) is 5.65. The van der Waals surface area contributed by atoms with Gasteiger partial charge >= 0.3 is 0 Å². The Bertz CT molecular complexity index is 960. The highest BCUT2D eigenvalue weighted by Crippen LogP contribution is 2.41. The molecule has 0 radical (unpaired) electrons.